The summed E-state index contributed by atoms with van der Waals surface area (Å²) < 4.78 is 3.42. The topological polar surface area (TPSA) is 46.9 Å². The van der Waals surface area contributed by atoms with E-state index >= 15 is 0 Å². The van der Waals surface area contributed by atoms with E-state index in [4.69, 9.17) is 0 Å². The second kappa shape index (κ2) is 4.65. The van der Waals surface area contributed by atoms with Crippen LogP contribution < -0.4 is 5.32 Å². The second-order valence-corrected chi connectivity index (χ2v) is 5.23. The van der Waals surface area contributed by atoms with E-state index in [2.05, 4.69) is 42.3 Å². The number of nitrogens with zero attached hydrogens (tertiary/aromatic N) is 2. The monoisotopic (exact) mass is 335 g/mol. The largest absolute Gasteiger partial charge is 0.353 e. The number of halogens is 2. The van der Waals surface area contributed by atoms with Crippen LogP contribution >= 0.6 is 31.9 Å². The average molecular weight is 337 g/mol. The van der Waals surface area contributed by atoms with Crippen molar-refractivity contribution < 1.29 is 4.79 Å². The van der Waals surface area contributed by atoms with E-state index in [1.165, 1.54) is 0 Å². The Morgan fingerprint density at radius 1 is 1.60 bits per heavy atom. The minimum absolute atomic E-state index is 0.107. The van der Waals surface area contributed by atoms with Crippen LogP contribution in [0.2, 0.25) is 0 Å². The van der Waals surface area contributed by atoms with Gasteiger partial charge in [0.2, 0.25) is 5.91 Å². The van der Waals surface area contributed by atoms with Gasteiger partial charge in [-0.05, 0) is 44.7 Å². The van der Waals surface area contributed by atoms with Crippen LogP contribution in [0.1, 0.15) is 19.3 Å². The second-order valence-electron chi connectivity index (χ2n) is 3.60. The molecule has 15 heavy (non-hydrogen) atoms. The maximum Gasteiger partial charge on any atom is 0.222 e. The van der Waals surface area contributed by atoms with Crippen LogP contribution in [0.3, 0.4) is 0 Å². The van der Waals surface area contributed by atoms with Crippen molar-refractivity contribution >= 4 is 37.8 Å². The number of carbonyl (C=O) groups excluding carboxylic acids is 1. The third-order valence-electron chi connectivity index (χ3n) is 2.19. The molecule has 2 rings (SSSR count). The molecule has 1 aliphatic rings. The number of amides is 1. The molecule has 4 nitrogen and oxygen atoms in total. The molecule has 0 atom stereocenters. The summed E-state index contributed by atoms with van der Waals surface area (Å²) in [5, 5.41) is 7.13. The van der Waals surface area contributed by atoms with Gasteiger partial charge in [-0.3, -0.25) is 9.48 Å². The van der Waals surface area contributed by atoms with Crippen LogP contribution in [-0.2, 0) is 11.3 Å². The van der Waals surface area contributed by atoms with E-state index in [0.29, 0.717) is 19.0 Å². The number of hydrogen-bond donors (Lipinski definition) is 1. The number of aryl methyl sites for hydroxylation is 1. The van der Waals surface area contributed by atoms with Crippen molar-refractivity contribution in [2.45, 2.75) is 31.8 Å². The highest BCUT2D eigenvalue weighted by atomic mass is 79.9. The highest BCUT2D eigenvalue weighted by Crippen LogP contribution is 2.19. The molecule has 0 bridgehead atoms. The molecule has 1 heterocycles. The minimum atomic E-state index is 0.107. The molecular weight excluding hydrogens is 326 g/mol. The lowest BCUT2D eigenvalue weighted by Gasteiger charge is -2.04. The fourth-order valence-corrected chi connectivity index (χ4v) is 2.45. The van der Waals surface area contributed by atoms with Gasteiger partial charge in [0.1, 0.15) is 9.21 Å². The van der Waals surface area contributed by atoms with Gasteiger partial charge in [0.25, 0.3) is 0 Å². The predicted molar refractivity (Wildman–Crippen MR) is 63.4 cm³/mol. The first-order valence-corrected chi connectivity index (χ1v) is 6.42. The Morgan fingerprint density at radius 3 is 2.87 bits per heavy atom. The van der Waals surface area contributed by atoms with Crippen molar-refractivity contribution in [3.05, 3.63) is 15.3 Å². The van der Waals surface area contributed by atoms with Crippen molar-refractivity contribution in [2.24, 2.45) is 0 Å². The Bertz CT molecular complexity index is 373. The van der Waals surface area contributed by atoms with Gasteiger partial charge in [-0.25, -0.2) is 0 Å². The van der Waals surface area contributed by atoms with E-state index in [1.54, 1.807) is 4.68 Å². The molecule has 0 saturated heterocycles. The Hall–Kier alpha value is -0.360. The van der Waals surface area contributed by atoms with Crippen LogP contribution in [0.15, 0.2) is 15.3 Å². The van der Waals surface area contributed by atoms with Crippen LogP contribution in [0, 0.1) is 0 Å². The van der Waals surface area contributed by atoms with E-state index in [1.807, 2.05) is 6.07 Å². The van der Waals surface area contributed by atoms with Crippen molar-refractivity contribution in [1.29, 1.82) is 0 Å². The van der Waals surface area contributed by atoms with Crippen LogP contribution in [0.25, 0.3) is 0 Å². The zero-order chi connectivity index (χ0) is 10.8. The first kappa shape index (κ1) is 11.1. The van der Waals surface area contributed by atoms with Crippen molar-refractivity contribution in [2.75, 3.05) is 0 Å². The summed E-state index contributed by atoms with van der Waals surface area (Å²) in [7, 11) is 0. The molecule has 82 valence electrons. The fraction of sp³-hybridized carbons (Fsp3) is 0.556. The lowest BCUT2D eigenvalue weighted by molar-refractivity contribution is -0.121. The maximum atomic E-state index is 11.4. The molecule has 1 aromatic rings. The summed E-state index contributed by atoms with van der Waals surface area (Å²) in [5.74, 6) is 0.107. The Morgan fingerprint density at radius 2 is 2.33 bits per heavy atom. The summed E-state index contributed by atoms with van der Waals surface area (Å²) in [4.78, 5) is 11.4. The van der Waals surface area contributed by atoms with Gasteiger partial charge in [0, 0.05) is 18.5 Å². The van der Waals surface area contributed by atoms with Gasteiger partial charge in [-0.15, -0.1) is 0 Å². The molecule has 0 aromatic carbocycles. The molecule has 1 amide bonds. The maximum absolute atomic E-state index is 11.4. The summed E-state index contributed by atoms with van der Waals surface area (Å²) >= 11 is 6.65. The molecule has 0 unspecified atom stereocenters. The van der Waals surface area contributed by atoms with E-state index < -0.39 is 0 Å². The van der Waals surface area contributed by atoms with E-state index in [-0.39, 0.29) is 5.91 Å². The minimum Gasteiger partial charge on any atom is -0.353 e. The van der Waals surface area contributed by atoms with Gasteiger partial charge in [-0.1, -0.05) is 0 Å². The normalized spacial score (nSPS) is 15.3. The summed E-state index contributed by atoms with van der Waals surface area (Å²) in [6.45, 7) is 0.602. The molecule has 1 N–H and O–H groups in total. The molecule has 6 heteroatoms. The molecule has 1 aliphatic carbocycles. The first-order chi connectivity index (χ1) is 7.15. The van der Waals surface area contributed by atoms with Gasteiger partial charge in [-0.2, -0.15) is 5.10 Å². The van der Waals surface area contributed by atoms with Gasteiger partial charge < -0.3 is 5.32 Å². The van der Waals surface area contributed by atoms with Crippen molar-refractivity contribution in [1.82, 2.24) is 15.1 Å². The summed E-state index contributed by atoms with van der Waals surface area (Å²) in [6.07, 6.45) is 2.73. The molecule has 0 radical (unpaired) electrons. The highest BCUT2D eigenvalue weighted by Gasteiger charge is 2.22. The smallest absolute Gasteiger partial charge is 0.222 e. The number of hydrogen-bond acceptors (Lipinski definition) is 2. The average Bonchev–Trinajstić information content (AvgIpc) is 2.89. The van der Waals surface area contributed by atoms with Gasteiger partial charge >= 0.3 is 0 Å². The number of carbonyl (C=O) groups is 1. The third kappa shape index (κ3) is 3.31. The Kier molecular flexibility index (Phi) is 3.45. The van der Waals surface area contributed by atoms with Gasteiger partial charge in [0.15, 0.2) is 0 Å². The lowest BCUT2D eigenvalue weighted by Crippen LogP contribution is -2.26. The quantitative estimate of drug-likeness (QED) is 0.915. The first-order valence-electron chi connectivity index (χ1n) is 4.83. The molecule has 0 spiro atoms. The van der Waals surface area contributed by atoms with Crippen LogP contribution in [-0.4, -0.2) is 21.7 Å². The predicted octanol–water partition coefficient (Wildman–Crippen LogP) is 2.08. The molecule has 0 aliphatic heterocycles. The van der Waals surface area contributed by atoms with E-state index in [9.17, 15) is 4.79 Å². The van der Waals surface area contributed by atoms with Gasteiger partial charge in [0.05, 0.1) is 6.54 Å². The molecule has 1 fully saturated rings. The van der Waals surface area contributed by atoms with Crippen LogP contribution in [0.4, 0.5) is 0 Å². The van der Waals surface area contributed by atoms with E-state index in [0.717, 1.165) is 22.0 Å². The molecular formula is C9H11Br2N3O. The zero-order valence-electron chi connectivity index (χ0n) is 8.04. The zero-order valence-corrected chi connectivity index (χ0v) is 11.2. The van der Waals surface area contributed by atoms with Crippen LogP contribution in [0.5, 0.6) is 0 Å². The lowest BCUT2D eigenvalue weighted by atomic mass is 10.4. The fourth-order valence-electron chi connectivity index (χ4n) is 1.26. The number of aromatic nitrogens is 2. The summed E-state index contributed by atoms with van der Waals surface area (Å²) in [6, 6.07) is 2.30. The van der Waals surface area contributed by atoms with Crippen molar-refractivity contribution in [3.8, 4) is 0 Å². The number of rotatable bonds is 4. The molecule has 1 aromatic heterocycles. The SMILES string of the molecule is O=C(CCn1nc(Br)cc1Br)NC1CC1. The molecule has 1 saturated carbocycles. The Balaban J connectivity index is 1.81. The third-order valence-corrected chi connectivity index (χ3v) is 3.22. The highest BCUT2D eigenvalue weighted by molar-refractivity contribution is 9.11. The van der Waals surface area contributed by atoms with Crippen molar-refractivity contribution in [3.63, 3.8) is 0 Å². The number of nitrogens with one attached hydrogen (secondary N) is 1. The standard InChI is InChI=1S/C9H11Br2N3O/c10-7-5-8(11)14(13-7)4-3-9(15)12-6-1-2-6/h5-6H,1-4H2,(H,12,15). The summed E-state index contributed by atoms with van der Waals surface area (Å²) in [5.41, 5.74) is 0. The Labute approximate surface area is 105 Å².